The molecule has 0 N–H and O–H groups in total. The van der Waals surface area contributed by atoms with Gasteiger partial charge in [0, 0.05) is 10.3 Å². The molecule has 2 unspecified atom stereocenters. The lowest BCUT2D eigenvalue weighted by atomic mass is 10.2. The third-order valence-corrected chi connectivity index (χ3v) is 8.32. The number of rotatable bonds is 4. The number of nitrogens with zero attached hydrogens (tertiary/aromatic N) is 2. The van der Waals surface area contributed by atoms with Crippen LogP contribution in [0.3, 0.4) is 0 Å². The number of aliphatic imine (C=N–C) groups is 1. The van der Waals surface area contributed by atoms with Crippen LogP contribution in [-0.4, -0.2) is 48.9 Å². The first-order chi connectivity index (χ1) is 13.8. The number of carbonyl (C=O) groups is 1. The normalized spacial score (nSPS) is 23.9. The number of benzene rings is 2. The minimum Gasteiger partial charge on any atom is -0.484 e. The molecule has 2 aliphatic heterocycles. The molecule has 29 heavy (non-hydrogen) atoms. The van der Waals surface area contributed by atoms with E-state index in [0.717, 1.165) is 0 Å². The number of para-hydroxylation sites is 1. The molecule has 2 aromatic rings. The summed E-state index contributed by atoms with van der Waals surface area (Å²) in [6, 6.07) is 13.5. The molecule has 2 aromatic carbocycles. The molecule has 0 bridgehead atoms. The second-order valence-corrected chi connectivity index (χ2v) is 10.9. The summed E-state index contributed by atoms with van der Waals surface area (Å²) in [6.45, 7) is -0.223. The topological polar surface area (TPSA) is 76.0 Å². The number of anilines is 1. The zero-order valence-corrected chi connectivity index (χ0v) is 18.1. The number of carbonyl (C=O) groups excluding carboxylic acids is 1. The van der Waals surface area contributed by atoms with E-state index in [1.54, 1.807) is 35.2 Å². The van der Waals surface area contributed by atoms with Crippen molar-refractivity contribution in [3.05, 3.63) is 58.6 Å². The molecular formula is C19H16Cl2N2O4S2. The van der Waals surface area contributed by atoms with Crippen LogP contribution in [0.1, 0.15) is 0 Å². The van der Waals surface area contributed by atoms with Crippen molar-refractivity contribution in [1.29, 1.82) is 0 Å². The zero-order valence-electron chi connectivity index (χ0n) is 15.0. The van der Waals surface area contributed by atoms with Crippen LogP contribution >= 0.6 is 35.0 Å². The number of hydrogen-bond acceptors (Lipinski definition) is 5. The fourth-order valence-electron chi connectivity index (χ4n) is 3.32. The van der Waals surface area contributed by atoms with Gasteiger partial charge in [0.2, 0.25) is 0 Å². The maximum atomic E-state index is 12.4. The van der Waals surface area contributed by atoms with Crippen molar-refractivity contribution in [2.24, 2.45) is 4.99 Å². The van der Waals surface area contributed by atoms with Gasteiger partial charge in [-0.3, -0.25) is 4.79 Å². The van der Waals surface area contributed by atoms with E-state index in [2.05, 4.69) is 4.99 Å². The maximum Gasteiger partial charge on any atom is 0.285 e. The van der Waals surface area contributed by atoms with Crippen LogP contribution in [-0.2, 0) is 14.6 Å². The van der Waals surface area contributed by atoms with E-state index in [4.69, 9.17) is 27.9 Å². The van der Waals surface area contributed by atoms with E-state index in [0.29, 0.717) is 26.6 Å². The number of amides is 1. The average molecular weight is 471 g/mol. The smallest absolute Gasteiger partial charge is 0.285 e. The van der Waals surface area contributed by atoms with Crippen LogP contribution in [0.5, 0.6) is 5.75 Å². The van der Waals surface area contributed by atoms with Crippen molar-refractivity contribution in [2.45, 2.75) is 11.3 Å². The number of thioether (sulfide) groups is 1. The summed E-state index contributed by atoms with van der Waals surface area (Å²) in [7, 11) is -3.17. The summed E-state index contributed by atoms with van der Waals surface area (Å²) < 4.78 is 29.7. The number of sulfone groups is 1. The second kappa shape index (κ2) is 8.18. The van der Waals surface area contributed by atoms with E-state index in [-0.39, 0.29) is 29.4 Å². The van der Waals surface area contributed by atoms with Crippen LogP contribution < -0.4 is 9.64 Å². The third kappa shape index (κ3) is 4.55. The first-order valence-corrected chi connectivity index (χ1v) is 12.2. The van der Waals surface area contributed by atoms with Crippen molar-refractivity contribution in [3.63, 3.8) is 0 Å². The Hall–Kier alpha value is -1.74. The summed E-state index contributed by atoms with van der Waals surface area (Å²) in [6.07, 6.45) is 0. The minimum absolute atomic E-state index is 0.0266. The molecule has 10 heteroatoms. The Morgan fingerprint density at radius 3 is 2.69 bits per heavy atom. The SMILES string of the molecule is O=C(COc1ccccc1)N=C1SC2CS(=O)(=O)CC2N1c1cc(Cl)ccc1Cl. The van der Waals surface area contributed by atoms with Gasteiger partial charge in [-0.2, -0.15) is 4.99 Å². The van der Waals surface area contributed by atoms with Gasteiger partial charge in [-0.15, -0.1) is 0 Å². The molecule has 2 atom stereocenters. The number of hydrogen-bond donors (Lipinski definition) is 0. The highest BCUT2D eigenvalue weighted by Gasteiger charge is 2.49. The Morgan fingerprint density at radius 2 is 1.93 bits per heavy atom. The monoisotopic (exact) mass is 470 g/mol. The standard InChI is InChI=1S/C19H16Cl2N2O4S2/c20-12-6-7-14(21)15(8-12)23-16-10-29(25,26)11-17(16)28-19(23)22-18(24)9-27-13-4-2-1-3-5-13/h1-8,16-17H,9-11H2. The van der Waals surface area contributed by atoms with Gasteiger partial charge in [-0.1, -0.05) is 53.2 Å². The van der Waals surface area contributed by atoms with Crippen molar-refractivity contribution in [1.82, 2.24) is 0 Å². The van der Waals surface area contributed by atoms with Gasteiger partial charge in [0.05, 0.1) is 28.3 Å². The summed E-state index contributed by atoms with van der Waals surface area (Å²) in [4.78, 5) is 18.3. The fraction of sp³-hybridized carbons (Fsp3) is 0.263. The number of ether oxygens (including phenoxy) is 1. The van der Waals surface area contributed by atoms with Gasteiger partial charge in [-0.05, 0) is 30.3 Å². The Labute approximate surface area is 182 Å². The summed E-state index contributed by atoms with van der Waals surface area (Å²) >= 11 is 13.8. The lowest BCUT2D eigenvalue weighted by molar-refractivity contribution is -0.119. The molecule has 2 fully saturated rings. The molecule has 1 amide bonds. The van der Waals surface area contributed by atoms with E-state index in [1.165, 1.54) is 11.8 Å². The van der Waals surface area contributed by atoms with Gasteiger partial charge in [0.15, 0.2) is 21.6 Å². The highest BCUT2D eigenvalue weighted by Crippen LogP contribution is 2.43. The van der Waals surface area contributed by atoms with E-state index < -0.39 is 15.7 Å². The first-order valence-electron chi connectivity index (χ1n) is 8.73. The Balaban J connectivity index is 1.61. The molecule has 152 valence electrons. The molecule has 2 heterocycles. The summed E-state index contributed by atoms with van der Waals surface area (Å²) in [5.74, 6) is 0.103. The fourth-order valence-corrected chi connectivity index (χ4v) is 7.62. The number of halogens is 2. The van der Waals surface area contributed by atoms with Crippen molar-refractivity contribution >= 4 is 61.6 Å². The van der Waals surface area contributed by atoms with Crippen molar-refractivity contribution in [2.75, 3.05) is 23.0 Å². The summed E-state index contributed by atoms with van der Waals surface area (Å²) in [5, 5.41) is 1.04. The lowest BCUT2D eigenvalue weighted by Crippen LogP contribution is -2.38. The Bertz CT molecular complexity index is 1080. The van der Waals surface area contributed by atoms with Crippen molar-refractivity contribution in [3.8, 4) is 5.75 Å². The summed E-state index contributed by atoms with van der Waals surface area (Å²) in [5.41, 5.74) is 0.534. The molecule has 0 aromatic heterocycles. The molecule has 6 nitrogen and oxygen atoms in total. The molecule has 0 spiro atoms. The largest absolute Gasteiger partial charge is 0.484 e. The van der Waals surface area contributed by atoms with Gasteiger partial charge in [0.1, 0.15) is 5.75 Å². The number of fused-ring (bicyclic) bond motifs is 1. The van der Waals surface area contributed by atoms with E-state index >= 15 is 0 Å². The molecule has 2 saturated heterocycles. The molecule has 0 saturated carbocycles. The predicted octanol–water partition coefficient (Wildman–Crippen LogP) is 3.67. The van der Waals surface area contributed by atoms with E-state index in [9.17, 15) is 13.2 Å². The second-order valence-electron chi connectivity index (χ2n) is 6.66. The average Bonchev–Trinajstić information content (AvgIpc) is 3.14. The van der Waals surface area contributed by atoms with Gasteiger partial charge < -0.3 is 9.64 Å². The quantitative estimate of drug-likeness (QED) is 0.678. The third-order valence-electron chi connectivity index (χ3n) is 4.56. The number of amidine groups is 1. The highest BCUT2D eigenvalue weighted by molar-refractivity contribution is 8.16. The molecule has 0 aliphatic carbocycles. The Kier molecular flexibility index (Phi) is 5.79. The zero-order chi connectivity index (χ0) is 20.6. The van der Waals surface area contributed by atoms with Crippen LogP contribution in [0, 0.1) is 0 Å². The Morgan fingerprint density at radius 1 is 1.17 bits per heavy atom. The van der Waals surface area contributed by atoms with Gasteiger partial charge in [-0.25, -0.2) is 8.42 Å². The van der Waals surface area contributed by atoms with Crippen LogP contribution in [0.15, 0.2) is 53.5 Å². The molecule has 0 radical (unpaired) electrons. The maximum absolute atomic E-state index is 12.4. The molecule has 2 aliphatic rings. The lowest BCUT2D eigenvalue weighted by Gasteiger charge is -2.25. The van der Waals surface area contributed by atoms with Gasteiger partial charge in [0.25, 0.3) is 5.91 Å². The van der Waals surface area contributed by atoms with Crippen LogP contribution in [0.4, 0.5) is 5.69 Å². The van der Waals surface area contributed by atoms with Crippen LogP contribution in [0.25, 0.3) is 0 Å². The first kappa shape index (κ1) is 20.5. The van der Waals surface area contributed by atoms with E-state index in [1.807, 2.05) is 18.2 Å². The van der Waals surface area contributed by atoms with Crippen molar-refractivity contribution < 1.29 is 17.9 Å². The highest BCUT2D eigenvalue weighted by atomic mass is 35.5. The van der Waals surface area contributed by atoms with Crippen LogP contribution in [0.2, 0.25) is 10.0 Å². The molecule has 4 rings (SSSR count). The predicted molar refractivity (Wildman–Crippen MR) is 117 cm³/mol. The molecular weight excluding hydrogens is 455 g/mol. The minimum atomic E-state index is -3.17. The van der Waals surface area contributed by atoms with Gasteiger partial charge >= 0.3 is 0 Å².